The zero-order chi connectivity index (χ0) is 13.7. The Labute approximate surface area is 124 Å². The molecule has 0 saturated heterocycles. The highest BCUT2D eigenvalue weighted by Crippen LogP contribution is 2.17. The van der Waals surface area contributed by atoms with Crippen LogP contribution in [0.3, 0.4) is 0 Å². The third-order valence-electron chi connectivity index (χ3n) is 2.81. The highest BCUT2D eigenvalue weighted by Gasteiger charge is 2.05. The van der Waals surface area contributed by atoms with Gasteiger partial charge < -0.3 is 5.32 Å². The van der Waals surface area contributed by atoms with Crippen molar-refractivity contribution >= 4 is 33.6 Å². The molecule has 19 heavy (non-hydrogen) atoms. The lowest BCUT2D eigenvalue weighted by molar-refractivity contribution is -0.121. The molecule has 1 heterocycles. The van der Waals surface area contributed by atoms with Crippen LogP contribution in [-0.2, 0) is 17.8 Å². The molecular formula is C13H14BrN3OS. The molecule has 0 aliphatic rings. The molecule has 0 bridgehead atoms. The predicted octanol–water partition coefficient (Wildman–Crippen LogP) is 2.86. The maximum absolute atomic E-state index is 11.7. The Hall–Kier alpha value is -1.27. The molecule has 1 N–H and O–H groups in total. The van der Waals surface area contributed by atoms with Crippen LogP contribution in [0.15, 0.2) is 28.9 Å². The van der Waals surface area contributed by atoms with Gasteiger partial charge in [-0.1, -0.05) is 22.0 Å². The molecule has 0 fully saturated rings. The Balaban J connectivity index is 1.81. The number of hydrogen-bond acceptors (Lipinski definition) is 4. The number of amides is 1. The molecule has 0 aliphatic carbocycles. The van der Waals surface area contributed by atoms with Crippen LogP contribution < -0.4 is 5.32 Å². The molecule has 100 valence electrons. The molecule has 0 radical (unpaired) electrons. The zero-order valence-corrected chi connectivity index (χ0v) is 12.9. The van der Waals surface area contributed by atoms with E-state index in [1.807, 2.05) is 6.07 Å². The van der Waals surface area contributed by atoms with Crippen LogP contribution >= 0.6 is 27.7 Å². The zero-order valence-electron chi connectivity index (χ0n) is 10.5. The summed E-state index contributed by atoms with van der Waals surface area (Å²) >= 11 is 4.59. The predicted molar refractivity (Wildman–Crippen MR) is 79.0 cm³/mol. The van der Waals surface area contributed by atoms with Crippen molar-refractivity contribution in [2.75, 3.05) is 0 Å². The number of rotatable bonds is 5. The van der Waals surface area contributed by atoms with Crippen molar-refractivity contribution < 1.29 is 4.79 Å². The van der Waals surface area contributed by atoms with Crippen molar-refractivity contribution in [1.82, 2.24) is 14.1 Å². The number of aromatic nitrogens is 2. The minimum Gasteiger partial charge on any atom is -0.350 e. The first-order valence-corrected chi connectivity index (χ1v) is 7.45. The number of halogens is 1. The van der Waals surface area contributed by atoms with Crippen LogP contribution in [0.25, 0.3) is 0 Å². The first kappa shape index (κ1) is 14.1. The lowest BCUT2D eigenvalue weighted by atomic mass is 10.0. The fourth-order valence-corrected chi connectivity index (χ4v) is 2.54. The van der Waals surface area contributed by atoms with Crippen molar-refractivity contribution in [1.29, 1.82) is 0 Å². The van der Waals surface area contributed by atoms with Gasteiger partial charge in [0.25, 0.3) is 0 Å². The second-order valence-corrected chi connectivity index (χ2v) is 5.72. The topological polar surface area (TPSA) is 54.9 Å². The van der Waals surface area contributed by atoms with E-state index in [0.29, 0.717) is 13.0 Å². The first-order chi connectivity index (χ1) is 9.15. The third-order valence-corrected chi connectivity index (χ3v) is 3.82. The van der Waals surface area contributed by atoms with Gasteiger partial charge in [0.2, 0.25) is 5.91 Å². The summed E-state index contributed by atoms with van der Waals surface area (Å²) in [6.45, 7) is 2.51. The summed E-state index contributed by atoms with van der Waals surface area (Å²) in [6, 6.07) is 6.12. The molecule has 0 saturated carbocycles. The summed E-state index contributed by atoms with van der Waals surface area (Å²) in [5.41, 5.74) is 3.21. The Kier molecular flexibility index (Phi) is 5.04. The molecular weight excluding hydrogens is 326 g/mol. The summed E-state index contributed by atoms with van der Waals surface area (Å²) in [5, 5.41) is 2.84. The molecule has 2 rings (SSSR count). The Morgan fingerprint density at radius 1 is 1.47 bits per heavy atom. The highest BCUT2D eigenvalue weighted by atomic mass is 79.9. The number of carbonyl (C=O) groups excluding carboxylic acids is 1. The molecule has 0 spiro atoms. The van der Waals surface area contributed by atoms with Crippen LogP contribution in [0.1, 0.15) is 23.2 Å². The molecule has 1 aromatic heterocycles. The van der Waals surface area contributed by atoms with Crippen LogP contribution in [0.5, 0.6) is 0 Å². The van der Waals surface area contributed by atoms with E-state index in [1.165, 1.54) is 11.1 Å². The average Bonchev–Trinajstić information content (AvgIpc) is 2.90. The van der Waals surface area contributed by atoms with Gasteiger partial charge in [0.05, 0.1) is 30.2 Å². The van der Waals surface area contributed by atoms with Crippen molar-refractivity contribution in [2.24, 2.45) is 0 Å². The highest BCUT2D eigenvalue weighted by molar-refractivity contribution is 9.10. The molecule has 4 nitrogen and oxygen atoms in total. The quantitative estimate of drug-likeness (QED) is 0.911. The molecule has 6 heteroatoms. The van der Waals surface area contributed by atoms with E-state index in [2.05, 4.69) is 49.1 Å². The number of benzene rings is 1. The lowest BCUT2D eigenvalue weighted by Crippen LogP contribution is -2.23. The van der Waals surface area contributed by atoms with Crippen molar-refractivity contribution in [2.45, 2.75) is 26.3 Å². The monoisotopic (exact) mass is 339 g/mol. The van der Waals surface area contributed by atoms with Gasteiger partial charge >= 0.3 is 0 Å². The molecule has 0 atom stereocenters. The average molecular weight is 340 g/mol. The number of aryl methyl sites for hydroxylation is 2. The molecule has 0 aliphatic heterocycles. The van der Waals surface area contributed by atoms with E-state index in [-0.39, 0.29) is 5.91 Å². The van der Waals surface area contributed by atoms with E-state index in [0.717, 1.165) is 28.3 Å². The van der Waals surface area contributed by atoms with E-state index in [1.54, 1.807) is 6.20 Å². The first-order valence-electron chi connectivity index (χ1n) is 5.93. The summed E-state index contributed by atoms with van der Waals surface area (Å²) < 4.78 is 8.97. The summed E-state index contributed by atoms with van der Waals surface area (Å²) in [7, 11) is 0. The van der Waals surface area contributed by atoms with Crippen LogP contribution in [0, 0.1) is 6.92 Å². The van der Waals surface area contributed by atoms with Crippen molar-refractivity contribution in [3.05, 3.63) is 45.7 Å². The number of carbonyl (C=O) groups is 1. The van der Waals surface area contributed by atoms with Gasteiger partial charge in [-0.15, -0.1) is 0 Å². The van der Waals surface area contributed by atoms with E-state index in [9.17, 15) is 4.79 Å². The fourth-order valence-electron chi connectivity index (χ4n) is 1.70. The van der Waals surface area contributed by atoms with Gasteiger partial charge in [0, 0.05) is 10.9 Å². The summed E-state index contributed by atoms with van der Waals surface area (Å²) in [6.07, 6.45) is 2.89. The van der Waals surface area contributed by atoms with Gasteiger partial charge in [0.1, 0.15) is 0 Å². The maximum atomic E-state index is 11.7. The maximum Gasteiger partial charge on any atom is 0.220 e. The fraction of sp³-hybridized carbons (Fsp3) is 0.308. The van der Waals surface area contributed by atoms with Crippen LogP contribution in [0.2, 0.25) is 0 Å². The van der Waals surface area contributed by atoms with E-state index in [4.69, 9.17) is 0 Å². The minimum atomic E-state index is 0.0346. The standard InChI is InChI=1S/C13H14BrN3OS/c1-9-2-4-11(14)6-10(9)3-5-13(18)15-7-12-8-16-19-17-12/h2,4,6,8H,3,5,7H2,1H3,(H,15,18). The molecule has 1 aromatic carbocycles. The Morgan fingerprint density at radius 3 is 3.05 bits per heavy atom. The largest absolute Gasteiger partial charge is 0.350 e. The normalized spacial score (nSPS) is 10.4. The van der Waals surface area contributed by atoms with Gasteiger partial charge in [-0.25, -0.2) is 0 Å². The minimum absolute atomic E-state index is 0.0346. The SMILES string of the molecule is Cc1ccc(Br)cc1CCC(=O)NCc1cnsn1. The van der Waals surface area contributed by atoms with Gasteiger partial charge in [-0.3, -0.25) is 4.79 Å². The number of nitrogens with zero attached hydrogens (tertiary/aromatic N) is 2. The number of hydrogen-bond donors (Lipinski definition) is 1. The molecule has 0 unspecified atom stereocenters. The second-order valence-electron chi connectivity index (χ2n) is 4.25. The molecule has 1 amide bonds. The van der Waals surface area contributed by atoms with Gasteiger partial charge in [-0.05, 0) is 36.6 Å². The van der Waals surface area contributed by atoms with Gasteiger partial charge in [-0.2, -0.15) is 8.75 Å². The number of nitrogens with one attached hydrogen (secondary N) is 1. The second kappa shape index (κ2) is 6.77. The Bertz CT molecular complexity index is 557. The smallest absolute Gasteiger partial charge is 0.220 e. The third kappa shape index (κ3) is 4.40. The van der Waals surface area contributed by atoms with Crippen molar-refractivity contribution in [3.8, 4) is 0 Å². The van der Waals surface area contributed by atoms with Gasteiger partial charge in [0.15, 0.2) is 0 Å². The van der Waals surface area contributed by atoms with E-state index >= 15 is 0 Å². The van der Waals surface area contributed by atoms with Crippen LogP contribution in [-0.4, -0.2) is 14.7 Å². The van der Waals surface area contributed by atoms with Crippen LogP contribution in [0.4, 0.5) is 0 Å². The Morgan fingerprint density at radius 2 is 2.32 bits per heavy atom. The summed E-state index contributed by atoms with van der Waals surface area (Å²) in [5.74, 6) is 0.0346. The van der Waals surface area contributed by atoms with Crippen molar-refractivity contribution in [3.63, 3.8) is 0 Å². The molecule has 2 aromatic rings. The summed E-state index contributed by atoms with van der Waals surface area (Å²) in [4.78, 5) is 11.7. The lowest BCUT2D eigenvalue weighted by Gasteiger charge is -2.07. The van der Waals surface area contributed by atoms with E-state index < -0.39 is 0 Å².